The highest BCUT2D eigenvalue weighted by Gasteiger charge is 2.48. The lowest BCUT2D eigenvalue weighted by Gasteiger charge is -2.32. The molecule has 0 amide bonds. The van der Waals surface area contributed by atoms with Crippen LogP contribution in [0.25, 0.3) is 0 Å². The van der Waals surface area contributed by atoms with Crippen molar-refractivity contribution in [3.8, 4) is 17.2 Å². The smallest absolute Gasteiger partial charge is 0.290 e. The fraction of sp³-hybridized carbons (Fsp3) is 0.357. The van der Waals surface area contributed by atoms with Crippen LogP contribution in [0.1, 0.15) is 50.1 Å². The van der Waals surface area contributed by atoms with Crippen LogP contribution in [0.4, 0.5) is 0 Å². The van der Waals surface area contributed by atoms with E-state index in [1.165, 1.54) is 33.4 Å². The molecule has 3 aliphatic rings. The molecule has 3 aromatic carbocycles. The summed E-state index contributed by atoms with van der Waals surface area (Å²) >= 11 is 0. The van der Waals surface area contributed by atoms with Crippen molar-refractivity contribution in [2.75, 3.05) is 6.66 Å². The van der Waals surface area contributed by atoms with Crippen LogP contribution in [0.2, 0.25) is 0 Å². The zero-order valence-corrected chi connectivity index (χ0v) is 21.6. The first-order chi connectivity index (χ1) is 15.6. The van der Waals surface area contributed by atoms with Crippen LogP contribution in [-0.4, -0.2) is 11.6 Å². The molecular formula is C28H33NO3P+. The predicted molar refractivity (Wildman–Crippen MR) is 135 cm³/mol. The Labute approximate surface area is 198 Å². The average Bonchev–Trinajstić information content (AvgIpc) is 2.69. The summed E-state index contributed by atoms with van der Waals surface area (Å²) in [5.41, 5.74) is 10.6. The molecule has 3 aliphatic heterocycles. The van der Waals surface area contributed by atoms with E-state index in [-0.39, 0.29) is 0 Å². The number of rotatable bonds is 0. The molecule has 0 aliphatic carbocycles. The van der Waals surface area contributed by atoms with Crippen LogP contribution < -0.4 is 13.6 Å². The molecule has 0 saturated carbocycles. The van der Waals surface area contributed by atoms with Crippen molar-refractivity contribution in [3.05, 3.63) is 86.5 Å². The van der Waals surface area contributed by atoms with Gasteiger partial charge >= 0.3 is 7.94 Å². The van der Waals surface area contributed by atoms with Crippen molar-refractivity contribution < 1.29 is 13.6 Å². The fourth-order valence-corrected chi connectivity index (χ4v) is 7.21. The van der Waals surface area contributed by atoms with E-state index in [9.17, 15) is 0 Å². The van der Waals surface area contributed by atoms with Gasteiger partial charge in [0.05, 0.1) is 0 Å². The Hall–Kier alpha value is -2.55. The summed E-state index contributed by atoms with van der Waals surface area (Å²) in [5.74, 6) is 2.67. The molecule has 2 bridgehead atoms. The molecule has 3 heterocycles. The van der Waals surface area contributed by atoms with Gasteiger partial charge in [-0.15, -0.1) is 0 Å². The van der Waals surface area contributed by atoms with Crippen molar-refractivity contribution in [2.24, 2.45) is 0 Å². The summed E-state index contributed by atoms with van der Waals surface area (Å²) in [6.07, 6.45) is 0. The van der Waals surface area contributed by atoms with Gasteiger partial charge in [-0.05, 0) is 58.2 Å². The minimum absolute atomic E-state index is 0.802. The molecule has 0 unspecified atom stereocenters. The molecule has 0 fully saturated rings. The Morgan fingerprint density at radius 1 is 0.545 bits per heavy atom. The first-order valence-electron chi connectivity index (χ1n) is 11.6. The van der Waals surface area contributed by atoms with E-state index >= 15 is 0 Å². The van der Waals surface area contributed by atoms with Gasteiger partial charge in [0, 0.05) is 36.3 Å². The van der Waals surface area contributed by atoms with Crippen LogP contribution in [0.5, 0.6) is 17.2 Å². The summed E-state index contributed by atoms with van der Waals surface area (Å²) < 4.78 is 20.4. The minimum Gasteiger partial charge on any atom is -0.290 e. The van der Waals surface area contributed by atoms with Gasteiger partial charge in [0.25, 0.3) is 0 Å². The van der Waals surface area contributed by atoms with Gasteiger partial charge in [0.1, 0.15) is 0 Å². The molecule has 0 atom stereocenters. The maximum absolute atomic E-state index is 6.79. The Kier molecular flexibility index (Phi) is 5.42. The Balaban J connectivity index is 1.78. The third kappa shape index (κ3) is 4.23. The monoisotopic (exact) mass is 462 g/mol. The Bertz CT molecular complexity index is 1110. The van der Waals surface area contributed by atoms with E-state index in [0.717, 1.165) is 53.6 Å². The van der Waals surface area contributed by atoms with Crippen LogP contribution in [-0.2, 0) is 19.6 Å². The van der Waals surface area contributed by atoms with Crippen LogP contribution >= 0.6 is 7.94 Å². The molecule has 0 aromatic heterocycles. The highest BCUT2D eigenvalue weighted by atomic mass is 31.2. The van der Waals surface area contributed by atoms with Gasteiger partial charge < -0.3 is 0 Å². The van der Waals surface area contributed by atoms with E-state index < -0.39 is 7.94 Å². The quantitative estimate of drug-likeness (QED) is 0.328. The summed E-state index contributed by atoms with van der Waals surface area (Å²) in [6.45, 7) is 17.2. The van der Waals surface area contributed by atoms with Crippen LogP contribution in [0.3, 0.4) is 0 Å². The third-order valence-electron chi connectivity index (χ3n) is 6.44. The number of aryl methyl sites for hydroxylation is 6. The summed E-state index contributed by atoms with van der Waals surface area (Å²) in [4.78, 5) is 2.48. The fourth-order valence-electron chi connectivity index (χ4n) is 5.32. The third-order valence-corrected chi connectivity index (χ3v) is 7.98. The minimum atomic E-state index is -2.82. The van der Waals surface area contributed by atoms with Gasteiger partial charge in [0.15, 0.2) is 23.9 Å². The van der Waals surface area contributed by atoms with E-state index in [2.05, 4.69) is 82.8 Å². The van der Waals surface area contributed by atoms with Gasteiger partial charge in [0.2, 0.25) is 0 Å². The Morgan fingerprint density at radius 3 is 1.15 bits per heavy atom. The molecule has 172 valence electrons. The summed E-state index contributed by atoms with van der Waals surface area (Å²) in [7, 11) is -2.82. The SMILES string of the molecule is Cc1cc(C)c2c(c1)CN1Cc3cc(C)cc(C)c3O[P+](C)(O2)Oc2c(C)cc(C)cc2C1. The lowest BCUT2D eigenvalue weighted by atomic mass is 10.0. The topological polar surface area (TPSA) is 30.9 Å². The highest BCUT2D eigenvalue weighted by Crippen LogP contribution is 2.61. The number of benzene rings is 3. The van der Waals surface area contributed by atoms with Crippen molar-refractivity contribution >= 4 is 7.94 Å². The second kappa shape index (κ2) is 8.04. The number of hydrogen-bond acceptors (Lipinski definition) is 4. The lowest BCUT2D eigenvalue weighted by Crippen LogP contribution is -2.28. The first kappa shape index (κ1) is 22.3. The van der Waals surface area contributed by atoms with Crippen molar-refractivity contribution in [2.45, 2.75) is 61.2 Å². The van der Waals surface area contributed by atoms with Crippen LogP contribution in [0.15, 0.2) is 36.4 Å². The molecule has 6 rings (SSSR count). The number of nitrogens with zero attached hydrogens (tertiary/aromatic N) is 1. The maximum atomic E-state index is 6.79. The summed E-state index contributed by atoms with van der Waals surface area (Å²) in [5, 5.41) is 0. The van der Waals surface area contributed by atoms with Crippen molar-refractivity contribution in [1.82, 2.24) is 4.90 Å². The summed E-state index contributed by atoms with van der Waals surface area (Å²) in [6, 6.07) is 13.3. The van der Waals surface area contributed by atoms with E-state index in [0.29, 0.717) is 0 Å². The van der Waals surface area contributed by atoms with Gasteiger partial charge in [-0.25, -0.2) is 0 Å². The van der Waals surface area contributed by atoms with Gasteiger partial charge in [-0.2, -0.15) is 0 Å². The normalized spacial score (nSPS) is 21.4. The van der Waals surface area contributed by atoms with E-state index in [1.807, 2.05) is 6.66 Å². The van der Waals surface area contributed by atoms with Crippen LogP contribution in [0, 0.1) is 41.5 Å². The largest absolute Gasteiger partial charge is 0.538 e. The highest BCUT2D eigenvalue weighted by molar-refractivity contribution is 7.62. The molecule has 0 radical (unpaired) electrons. The maximum Gasteiger partial charge on any atom is 0.538 e. The van der Waals surface area contributed by atoms with Gasteiger partial charge in [-0.1, -0.05) is 53.1 Å². The lowest BCUT2D eigenvalue weighted by molar-refractivity contribution is 0.229. The molecule has 0 spiro atoms. The molecule has 33 heavy (non-hydrogen) atoms. The average molecular weight is 463 g/mol. The van der Waals surface area contributed by atoms with E-state index in [4.69, 9.17) is 13.6 Å². The molecule has 0 N–H and O–H groups in total. The Morgan fingerprint density at radius 2 is 0.848 bits per heavy atom. The zero-order chi connectivity index (χ0) is 23.5. The van der Waals surface area contributed by atoms with E-state index in [1.54, 1.807) is 0 Å². The second-order valence-corrected chi connectivity index (χ2v) is 12.0. The second-order valence-electron chi connectivity index (χ2n) is 9.90. The standard InChI is InChI=1S/C28H33NO3P/c1-17-8-20(4)26-23(11-17)14-29-15-24-12-18(2)9-21(5)27(24)31-33(7,30-26)32-28-22(6)10-19(3)13-25(28)16-29/h8-13H,14-16H2,1-7H3/q+1. The van der Waals surface area contributed by atoms with Gasteiger partial charge in [-0.3, -0.25) is 18.5 Å². The molecular weight excluding hydrogens is 429 g/mol. The molecule has 0 saturated heterocycles. The first-order valence-corrected chi connectivity index (χ1v) is 13.6. The zero-order valence-electron chi connectivity index (χ0n) is 20.7. The van der Waals surface area contributed by atoms with Crippen molar-refractivity contribution in [3.63, 3.8) is 0 Å². The predicted octanol–water partition coefficient (Wildman–Crippen LogP) is 7.30. The molecule has 4 nitrogen and oxygen atoms in total. The molecule has 5 heteroatoms. The number of hydrogen-bond donors (Lipinski definition) is 0. The molecule has 3 aromatic rings. The van der Waals surface area contributed by atoms with Crippen molar-refractivity contribution in [1.29, 1.82) is 0 Å².